The van der Waals surface area contributed by atoms with Crippen LogP contribution < -0.4 is 0 Å². The summed E-state index contributed by atoms with van der Waals surface area (Å²) in [5.74, 6) is 0. The SMILES string of the molecule is CCc1ccc(COCc2ccccc2)cc1. The highest BCUT2D eigenvalue weighted by Crippen LogP contribution is 2.08. The second-order valence-corrected chi connectivity index (χ2v) is 4.15. The van der Waals surface area contributed by atoms with Crippen LogP contribution >= 0.6 is 0 Å². The molecule has 0 radical (unpaired) electrons. The van der Waals surface area contributed by atoms with Gasteiger partial charge in [-0.25, -0.2) is 0 Å². The second-order valence-electron chi connectivity index (χ2n) is 4.15. The minimum Gasteiger partial charge on any atom is -0.372 e. The summed E-state index contributed by atoms with van der Waals surface area (Å²) in [5.41, 5.74) is 3.83. The van der Waals surface area contributed by atoms with Crippen molar-refractivity contribution in [1.82, 2.24) is 0 Å². The highest BCUT2D eigenvalue weighted by Gasteiger charge is 1.95. The van der Waals surface area contributed by atoms with E-state index in [2.05, 4.69) is 43.3 Å². The van der Waals surface area contributed by atoms with Crippen LogP contribution in [-0.4, -0.2) is 0 Å². The van der Waals surface area contributed by atoms with Crippen LogP contribution in [0, 0.1) is 0 Å². The third-order valence-electron chi connectivity index (χ3n) is 2.81. The first-order valence-corrected chi connectivity index (χ1v) is 6.08. The quantitative estimate of drug-likeness (QED) is 0.749. The fraction of sp³-hybridized carbons (Fsp3) is 0.250. The van der Waals surface area contributed by atoms with E-state index in [4.69, 9.17) is 4.74 Å². The zero-order chi connectivity index (χ0) is 11.9. The van der Waals surface area contributed by atoms with Crippen LogP contribution in [0.5, 0.6) is 0 Å². The summed E-state index contributed by atoms with van der Waals surface area (Å²) in [6, 6.07) is 18.9. The molecule has 0 saturated heterocycles. The molecule has 88 valence electrons. The topological polar surface area (TPSA) is 9.23 Å². The van der Waals surface area contributed by atoms with E-state index >= 15 is 0 Å². The average Bonchev–Trinajstić information content (AvgIpc) is 2.41. The first-order chi connectivity index (χ1) is 8.38. The first kappa shape index (κ1) is 11.9. The standard InChI is InChI=1S/C16H18O/c1-2-14-8-10-16(11-9-14)13-17-12-15-6-4-3-5-7-15/h3-11H,2,12-13H2,1H3. The molecule has 17 heavy (non-hydrogen) atoms. The fourth-order valence-electron chi connectivity index (χ4n) is 1.73. The molecular formula is C16H18O. The van der Waals surface area contributed by atoms with Gasteiger partial charge in [0.05, 0.1) is 13.2 Å². The van der Waals surface area contributed by atoms with Crippen molar-refractivity contribution < 1.29 is 4.74 Å². The molecular weight excluding hydrogens is 208 g/mol. The normalized spacial score (nSPS) is 10.4. The van der Waals surface area contributed by atoms with Gasteiger partial charge in [-0.1, -0.05) is 61.5 Å². The third-order valence-corrected chi connectivity index (χ3v) is 2.81. The summed E-state index contributed by atoms with van der Waals surface area (Å²) in [7, 11) is 0. The third kappa shape index (κ3) is 3.72. The Morgan fingerprint density at radius 3 is 1.82 bits per heavy atom. The number of rotatable bonds is 5. The lowest BCUT2D eigenvalue weighted by atomic mass is 10.1. The molecule has 2 aromatic carbocycles. The van der Waals surface area contributed by atoms with Gasteiger partial charge >= 0.3 is 0 Å². The minimum atomic E-state index is 0.677. The fourth-order valence-corrected chi connectivity index (χ4v) is 1.73. The Labute approximate surface area is 103 Å². The van der Waals surface area contributed by atoms with E-state index in [0.717, 1.165) is 6.42 Å². The molecule has 0 spiro atoms. The molecule has 2 aromatic rings. The molecule has 0 N–H and O–H groups in total. The Morgan fingerprint density at radius 1 is 0.706 bits per heavy atom. The summed E-state index contributed by atoms with van der Waals surface area (Å²) in [6.45, 7) is 3.52. The largest absolute Gasteiger partial charge is 0.372 e. The van der Waals surface area contributed by atoms with E-state index in [9.17, 15) is 0 Å². The lowest BCUT2D eigenvalue weighted by Gasteiger charge is -2.05. The van der Waals surface area contributed by atoms with Crippen molar-refractivity contribution in [3.63, 3.8) is 0 Å². The van der Waals surface area contributed by atoms with Crippen molar-refractivity contribution in [2.24, 2.45) is 0 Å². The Bertz CT molecular complexity index is 431. The molecule has 0 amide bonds. The lowest BCUT2D eigenvalue weighted by Crippen LogP contribution is -1.94. The van der Waals surface area contributed by atoms with Gasteiger partial charge < -0.3 is 4.74 Å². The lowest BCUT2D eigenvalue weighted by molar-refractivity contribution is 0.107. The summed E-state index contributed by atoms with van der Waals surface area (Å²) in [5, 5.41) is 0. The zero-order valence-electron chi connectivity index (χ0n) is 10.2. The van der Waals surface area contributed by atoms with Gasteiger partial charge in [-0.2, -0.15) is 0 Å². The van der Waals surface area contributed by atoms with Crippen LogP contribution in [0.15, 0.2) is 54.6 Å². The molecule has 0 aliphatic rings. The molecule has 0 unspecified atom stereocenters. The van der Waals surface area contributed by atoms with Gasteiger partial charge in [0.15, 0.2) is 0 Å². The Balaban J connectivity index is 1.82. The van der Waals surface area contributed by atoms with E-state index in [1.165, 1.54) is 16.7 Å². The molecule has 0 bridgehead atoms. The Kier molecular flexibility index (Phi) is 4.34. The maximum atomic E-state index is 5.68. The molecule has 0 aliphatic heterocycles. The van der Waals surface area contributed by atoms with Crippen molar-refractivity contribution >= 4 is 0 Å². The van der Waals surface area contributed by atoms with E-state index in [0.29, 0.717) is 13.2 Å². The van der Waals surface area contributed by atoms with Gasteiger partial charge in [0, 0.05) is 0 Å². The monoisotopic (exact) mass is 226 g/mol. The van der Waals surface area contributed by atoms with Crippen molar-refractivity contribution in [2.45, 2.75) is 26.6 Å². The van der Waals surface area contributed by atoms with Crippen LogP contribution in [0.1, 0.15) is 23.6 Å². The molecule has 1 heteroatoms. The van der Waals surface area contributed by atoms with Crippen molar-refractivity contribution in [3.05, 3.63) is 71.3 Å². The van der Waals surface area contributed by atoms with Gasteiger partial charge in [0.25, 0.3) is 0 Å². The average molecular weight is 226 g/mol. The maximum absolute atomic E-state index is 5.68. The number of hydrogen-bond acceptors (Lipinski definition) is 1. The highest BCUT2D eigenvalue weighted by atomic mass is 16.5. The van der Waals surface area contributed by atoms with E-state index in [-0.39, 0.29) is 0 Å². The number of ether oxygens (including phenoxy) is 1. The van der Waals surface area contributed by atoms with Crippen LogP contribution in [0.2, 0.25) is 0 Å². The van der Waals surface area contributed by atoms with Crippen LogP contribution in [0.25, 0.3) is 0 Å². The predicted molar refractivity (Wildman–Crippen MR) is 70.8 cm³/mol. The summed E-state index contributed by atoms with van der Waals surface area (Å²) >= 11 is 0. The smallest absolute Gasteiger partial charge is 0.0721 e. The van der Waals surface area contributed by atoms with Gasteiger partial charge in [-0.3, -0.25) is 0 Å². The van der Waals surface area contributed by atoms with Crippen molar-refractivity contribution in [3.8, 4) is 0 Å². The number of hydrogen-bond donors (Lipinski definition) is 0. The predicted octanol–water partition coefficient (Wildman–Crippen LogP) is 3.97. The molecule has 0 fully saturated rings. The molecule has 0 aliphatic carbocycles. The molecule has 1 nitrogen and oxygen atoms in total. The summed E-state index contributed by atoms with van der Waals surface area (Å²) < 4.78 is 5.68. The van der Waals surface area contributed by atoms with Crippen LogP contribution in [-0.2, 0) is 24.4 Å². The van der Waals surface area contributed by atoms with Crippen molar-refractivity contribution in [1.29, 1.82) is 0 Å². The van der Waals surface area contributed by atoms with Gasteiger partial charge in [-0.05, 0) is 23.1 Å². The highest BCUT2D eigenvalue weighted by molar-refractivity contribution is 5.22. The van der Waals surface area contributed by atoms with Gasteiger partial charge in [-0.15, -0.1) is 0 Å². The summed E-state index contributed by atoms with van der Waals surface area (Å²) in [4.78, 5) is 0. The Morgan fingerprint density at radius 2 is 1.24 bits per heavy atom. The molecule has 0 atom stereocenters. The maximum Gasteiger partial charge on any atom is 0.0721 e. The summed E-state index contributed by atoms with van der Waals surface area (Å²) in [6.07, 6.45) is 1.09. The minimum absolute atomic E-state index is 0.677. The van der Waals surface area contributed by atoms with Gasteiger partial charge in [0.2, 0.25) is 0 Å². The van der Waals surface area contributed by atoms with E-state index in [1.807, 2.05) is 18.2 Å². The van der Waals surface area contributed by atoms with Crippen LogP contribution in [0.4, 0.5) is 0 Å². The molecule has 0 heterocycles. The van der Waals surface area contributed by atoms with Crippen molar-refractivity contribution in [2.75, 3.05) is 0 Å². The van der Waals surface area contributed by atoms with E-state index in [1.54, 1.807) is 0 Å². The molecule has 0 aromatic heterocycles. The van der Waals surface area contributed by atoms with E-state index < -0.39 is 0 Å². The zero-order valence-corrected chi connectivity index (χ0v) is 10.2. The molecule has 0 saturated carbocycles. The first-order valence-electron chi connectivity index (χ1n) is 6.08. The second kappa shape index (κ2) is 6.21. The Hall–Kier alpha value is -1.60. The molecule has 2 rings (SSSR count). The van der Waals surface area contributed by atoms with Gasteiger partial charge in [0.1, 0.15) is 0 Å². The number of aryl methyl sites for hydroxylation is 1. The number of benzene rings is 2. The van der Waals surface area contributed by atoms with Crippen LogP contribution in [0.3, 0.4) is 0 Å².